The number of ketones is 2. The number of benzene rings is 2. The van der Waals surface area contributed by atoms with E-state index in [0.29, 0.717) is 40.7 Å². The number of hydrogen-bond donors (Lipinski definition) is 0. The average Bonchev–Trinajstić information content (AvgIpc) is 2.64. The van der Waals surface area contributed by atoms with Crippen molar-refractivity contribution in [1.29, 1.82) is 0 Å². The number of esters is 1. The third-order valence-corrected chi connectivity index (χ3v) is 4.09. The van der Waals surface area contributed by atoms with Crippen LogP contribution < -0.4 is 0 Å². The maximum atomic E-state index is 12.6. The standard InChI is InChI=1S/C20H16O5/c21-10-4-3-7-18(22)25-12-13-8-9-16-17(11-13)20(24)15-6-2-1-5-14(15)19(16)23/h1-2,5-6,8-11H,3-4,7,12H2. The van der Waals surface area contributed by atoms with Crippen molar-refractivity contribution < 1.29 is 23.9 Å². The lowest BCUT2D eigenvalue weighted by atomic mass is 9.83. The Morgan fingerprint density at radius 2 is 1.56 bits per heavy atom. The number of aldehydes is 1. The van der Waals surface area contributed by atoms with E-state index >= 15 is 0 Å². The Hall–Kier alpha value is -3.08. The van der Waals surface area contributed by atoms with E-state index in [4.69, 9.17) is 4.74 Å². The zero-order chi connectivity index (χ0) is 17.8. The van der Waals surface area contributed by atoms with Crippen LogP contribution in [0.5, 0.6) is 0 Å². The second kappa shape index (κ2) is 7.21. The number of hydrogen-bond acceptors (Lipinski definition) is 5. The lowest BCUT2D eigenvalue weighted by molar-refractivity contribution is -0.145. The molecule has 0 N–H and O–H groups in total. The Balaban J connectivity index is 1.76. The lowest BCUT2D eigenvalue weighted by Gasteiger charge is -2.18. The van der Waals surface area contributed by atoms with Gasteiger partial charge in [-0.15, -0.1) is 0 Å². The van der Waals surface area contributed by atoms with E-state index < -0.39 is 5.97 Å². The van der Waals surface area contributed by atoms with Crippen LogP contribution in [0.3, 0.4) is 0 Å². The summed E-state index contributed by atoms with van der Waals surface area (Å²) in [6.07, 6.45) is 1.71. The first-order valence-electron chi connectivity index (χ1n) is 8.02. The van der Waals surface area contributed by atoms with E-state index in [2.05, 4.69) is 0 Å². The molecule has 0 amide bonds. The Morgan fingerprint density at radius 3 is 2.24 bits per heavy atom. The predicted octanol–water partition coefficient (Wildman–Crippen LogP) is 2.87. The molecule has 5 nitrogen and oxygen atoms in total. The van der Waals surface area contributed by atoms with Crippen molar-refractivity contribution >= 4 is 23.8 Å². The van der Waals surface area contributed by atoms with Crippen LogP contribution in [0.4, 0.5) is 0 Å². The Labute approximate surface area is 144 Å². The molecule has 1 aliphatic carbocycles. The molecule has 0 aromatic heterocycles. The molecule has 0 atom stereocenters. The molecule has 126 valence electrons. The quantitative estimate of drug-likeness (QED) is 0.393. The van der Waals surface area contributed by atoms with E-state index in [-0.39, 0.29) is 24.6 Å². The Bertz CT molecular complexity index is 866. The van der Waals surface area contributed by atoms with Crippen molar-refractivity contribution in [1.82, 2.24) is 0 Å². The third kappa shape index (κ3) is 3.40. The van der Waals surface area contributed by atoms with Crippen LogP contribution in [0.15, 0.2) is 42.5 Å². The first-order chi connectivity index (χ1) is 12.1. The van der Waals surface area contributed by atoms with Crippen LogP contribution in [0.1, 0.15) is 56.7 Å². The summed E-state index contributed by atoms with van der Waals surface area (Å²) in [4.78, 5) is 47.0. The van der Waals surface area contributed by atoms with Gasteiger partial charge in [0, 0.05) is 35.1 Å². The summed E-state index contributed by atoms with van der Waals surface area (Å²) in [5, 5.41) is 0. The topological polar surface area (TPSA) is 77.5 Å². The number of carbonyl (C=O) groups excluding carboxylic acids is 4. The summed E-state index contributed by atoms with van der Waals surface area (Å²) in [7, 11) is 0. The summed E-state index contributed by atoms with van der Waals surface area (Å²) in [5.74, 6) is -0.778. The highest BCUT2D eigenvalue weighted by Crippen LogP contribution is 2.28. The zero-order valence-corrected chi connectivity index (χ0v) is 13.5. The maximum Gasteiger partial charge on any atom is 0.306 e. The zero-order valence-electron chi connectivity index (χ0n) is 13.5. The molecular formula is C20H16O5. The van der Waals surface area contributed by atoms with Gasteiger partial charge < -0.3 is 9.53 Å². The molecular weight excluding hydrogens is 320 g/mol. The molecule has 3 rings (SSSR count). The van der Waals surface area contributed by atoms with Crippen LogP contribution in [0.2, 0.25) is 0 Å². The third-order valence-electron chi connectivity index (χ3n) is 4.09. The first kappa shape index (κ1) is 16.8. The van der Waals surface area contributed by atoms with Crippen LogP contribution in [0.25, 0.3) is 0 Å². The number of carbonyl (C=O) groups is 4. The molecule has 25 heavy (non-hydrogen) atoms. The van der Waals surface area contributed by atoms with E-state index in [1.807, 2.05) is 0 Å². The monoisotopic (exact) mass is 336 g/mol. The minimum atomic E-state index is -0.396. The van der Waals surface area contributed by atoms with Gasteiger partial charge in [-0.2, -0.15) is 0 Å². The number of fused-ring (bicyclic) bond motifs is 2. The van der Waals surface area contributed by atoms with Gasteiger partial charge in [-0.1, -0.05) is 30.3 Å². The number of rotatable bonds is 6. The molecule has 0 unspecified atom stereocenters. The fourth-order valence-electron chi connectivity index (χ4n) is 2.80. The summed E-state index contributed by atoms with van der Waals surface area (Å²) in [6.45, 7) is 0.0241. The summed E-state index contributed by atoms with van der Waals surface area (Å²) in [5.41, 5.74) is 2.14. The van der Waals surface area contributed by atoms with Gasteiger partial charge in [0.15, 0.2) is 11.6 Å². The predicted molar refractivity (Wildman–Crippen MR) is 89.5 cm³/mol. The molecule has 0 saturated heterocycles. The minimum absolute atomic E-state index is 0.0241. The molecule has 2 aromatic carbocycles. The van der Waals surface area contributed by atoms with Gasteiger partial charge in [0.25, 0.3) is 0 Å². The second-order valence-electron chi connectivity index (χ2n) is 5.80. The molecule has 1 aliphatic rings. The summed E-state index contributed by atoms with van der Waals surface area (Å²) in [6, 6.07) is 11.6. The van der Waals surface area contributed by atoms with Crippen LogP contribution in [-0.2, 0) is 20.9 Å². The van der Waals surface area contributed by atoms with Crippen molar-refractivity contribution in [3.05, 3.63) is 70.3 Å². The Kier molecular flexibility index (Phi) is 4.84. The van der Waals surface area contributed by atoms with E-state index in [1.54, 1.807) is 42.5 Å². The van der Waals surface area contributed by atoms with Gasteiger partial charge in [-0.05, 0) is 24.1 Å². The molecule has 0 saturated carbocycles. The van der Waals surface area contributed by atoms with Gasteiger partial charge >= 0.3 is 5.97 Å². The summed E-state index contributed by atoms with van der Waals surface area (Å²) >= 11 is 0. The fourth-order valence-corrected chi connectivity index (χ4v) is 2.80. The largest absolute Gasteiger partial charge is 0.461 e. The van der Waals surface area contributed by atoms with Crippen molar-refractivity contribution in [3.8, 4) is 0 Å². The molecule has 5 heteroatoms. The van der Waals surface area contributed by atoms with Crippen molar-refractivity contribution in [2.45, 2.75) is 25.9 Å². The average molecular weight is 336 g/mol. The van der Waals surface area contributed by atoms with Crippen LogP contribution in [0, 0.1) is 0 Å². The first-order valence-corrected chi connectivity index (χ1v) is 8.02. The maximum absolute atomic E-state index is 12.6. The van der Waals surface area contributed by atoms with Gasteiger partial charge in [-0.3, -0.25) is 14.4 Å². The highest BCUT2D eigenvalue weighted by atomic mass is 16.5. The van der Waals surface area contributed by atoms with Gasteiger partial charge in [0.05, 0.1) is 0 Å². The SMILES string of the molecule is O=CCCCC(=O)OCc1ccc2c(c1)C(=O)c1ccccc1C2=O. The van der Waals surface area contributed by atoms with E-state index in [9.17, 15) is 19.2 Å². The summed E-state index contributed by atoms with van der Waals surface area (Å²) < 4.78 is 5.15. The van der Waals surface area contributed by atoms with Gasteiger partial charge in [-0.25, -0.2) is 0 Å². The van der Waals surface area contributed by atoms with Gasteiger partial charge in [0.2, 0.25) is 0 Å². The smallest absolute Gasteiger partial charge is 0.306 e. The van der Waals surface area contributed by atoms with Crippen molar-refractivity contribution in [2.24, 2.45) is 0 Å². The van der Waals surface area contributed by atoms with Gasteiger partial charge in [0.1, 0.15) is 12.9 Å². The fraction of sp³-hybridized carbons (Fsp3) is 0.200. The highest BCUT2D eigenvalue weighted by Gasteiger charge is 2.29. The molecule has 0 fully saturated rings. The number of unbranched alkanes of at least 4 members (excludes halogenated alkanes) is 1. The molecule has 2 aromatic rings. The normalized spacial score (nSPS) is 12.3. The molecule has 0 spiro atoms. The Morgan fingerprint density at radius 1 is 0.920 bits per heavy atom. The van der Waals surface area contributed by atoms with Crippen LogP contribution in [-0.4, -0.2) is 23.8 Å². The minimum Gasteiger partial charge on any atom is -0.461 e. The molecule has 0 radical (unpaired) electrons. The molecule has 0 aliphatic heterocycles. The van der Waals surface area contributed by atoms with Crippen molar-refractivity contribution in [3.63, 3.8) is 0 Å². The highest BCUT2D eigenvalue weighted by molar-refractivity contribution is 6.28. The van der Waals surface area contributed by atoms with E-state index in [0.717, 1.165) is 6.29 Å². The number of ether oxygens (including phenoxy) is 1. The van der Waals surface area contributed by atoms with E-state index in [1.165, 1.54) is 0 Å². The lowest BCUT2D eigenvalue weighted by Crippen LogP contribution is -2.21. The molecule has 0 bridgehead atoms. The molecule has 0 heterocycles. The second-order valence-corrected chi connectivity index (χ2v) is 5.80. The van der Waals surface area contributed by atoms with Crippen molar-refractivity contribution in [2.75, 3.05) is 0 Å². The van der Waals surface area contributed by atoms with Crippen LogP contribution >= 0.6 is 0 Å².